The van der Waals surface area contributed by atoms with Crippen molar-refractivity contribution in [2.24, 2.45) is 0 Å². The maximum absolute atomic E-state index is 12.5. The Bertz CT molecular complexity index is 1150. The fourth-order valence-electron chi connectivity index (χ4n) is 3.15. The summed E-state index contributed by atoms with van der Waals surface area (Å²) in [5, 5.41) is 12.5. The molecule has 0 bridgehead atoms. The molecule has 0 fully saturated rings. The van der Waals surface area contributed by atoms with E-state index in [1.807, 2.05) is 83.6 Å². The Balaban J connectivity index is 1.51. The minimum absolute atomic E-state index is 0.0736. The molecule has 4 aromatic rings. The molecule has 0 aliphatic carbocycles. The molecule has 3 aromatic carbocycles. The molecule has 4 rings (SSSR count). The third-order valence-corrected chi connectivity index (χ3v) is 6.26. The lowest BCUT2D eigenvalue weighted by atomic mass is 10.1. The Hall–Kier alpha value is -3.03. The summed E-state index contributed by atoms with van der Waals surface area (Å²) < 4.78 is 2.03. The summed E-state index contributed by atoms with van der Waals surface area (Å²) in [6.45, 7) is 0. The van der Waals surface area contributed by atoms with E-state index in [0.29, 0.717) is 11.6 Å². The minimum Gasteiger partial charge on any atom is -0.325 e. The molecule has 0 saturated carbocycles. The topological polar surface area (TPSA) is 59.8 Å². The number of para-hydroxylation sites is 1. The van der Waals surface area contributed by atoms with Crippen LogP contribution in [0.2, 0.25) is 0 Å². The van der Waals surface area contributed by atoms with Gasteiger partial charge in [0.2, 0.25) is 5.91 Å². The van der Waals surface area contributed by atoms with Crippen molar-refractivity contribution in [2.45, 2.75) is 16.5 Å². The summed E-state index contributed by atoms with van der Waals surface area (Å²) in [6.07, 6.45) is 2.68. The summed E-state index contributed by atoms with van der Waals surface area (Å²) in [6, 6.07) is 28.0. The lowest BCUT2D eigenvalue weighted by Crippen LogP contribution is -2.14. The summed E-state index contributed by atoms with van der Waals surface area (Å²) in [5.41, 5.74) is 2.94. The van der Waals surface area contributed by atoms with Crippen molar-refractivity contribution in [2.75, 3.05) is 17.3 Å². The van der Waals surface area contributed by atoms with Gasteiger partial charge in [0.05, 0.1) is 5.75 Å². The molecule has 0 aliphatic rings. The summed E-state index contributed by atoms with van der Waals surface area (Å²) in [4.78, 5) is 13.6. The van der Waals surface area contributed by atoms with Crippen molar-refractivity contribution in [3.05, 3.63) is 96.3 Å². The van der Waals surface area contributed by atoms with E-state index in [4.69, 9.17) is 0 Å². The summed E-state index contributed by atoms with van der Waals surface area (Å²) in [7, 11) is 0. The summed E-state index contributed by atoms with van der Waals surface area (Å²) >= 11 is 3.03. The molecule has 1 heterocycles. The number of nitrogens with zero attached hydrogens (tertiary/aromatic N) is 3. The predicted molar refractivity (Wildman–Crippen MR) is 128 cm³/mol. The summed E-state index contributed by atoms with van der Waals surface area (Å²) in [5.74, 6) is 1.02. The Labute approximate surface area is 190 Å². The van der Waals surface area contributed by atoms with E-state index < -0.39 is 0 Å². The van der Waals surface area contributed by atoms with E-state index in [1.54, 1.807) is 11.8 Å². The van der Waals surface area contributed by atoms with Gasteiger partial charge in [0.15, 0.2) is 5.16 Å². The van der Waals surface area contributed by atoms with Crippen LogP contribution < -0.4 is 5.32 Å². The zero-order valence-electron chi connectivity index (χ0n) is 17.1. The fraction of sp³-hybridized carbons (Fsp3) is 0.125. The largest absolute Gasteiger partial charge is 0.325 e. The van der Waals surface area contributed by atoms with Gasteiger partial charge in [-0.15, -0.1) is 22.0 Å². The van der Waals surface area contributed by atoms with Gasteiger partial charge >= 0.3 is 0 Å². The average Bonchev–Trinajstić information content (AvgIpc) is 3.21. The highest BCUT2D eigenvalue weighted by Crippen LogP contribution is 2.24. The third-order valence-electron chi connectivity index (χ3n) is 4.61. The number of hydrogen-bond donors (Lipinski definition) is 1. The van der Waals surface area contributed by atoms with Gasteiger partial charge < -0.3 is 5.32 Å². The van der Waals surface area contributed by atoms with Gasteiger partial charge in [-0.1, -0.05) is 66.4 Å². The molecule has 0 unspecified atom stereocenters. The van der Waals surface area contributed by atoms with Gasteiger partial charge in [0, 0.05) is 22.7 Å². The first-order valence-electron chi connectivity index (χ1n) is 9.83. The highest BCUT2D eigenvalue weighted by molar-refractivity contribution is 7.99. The Morgan fingerprint density at radius 3 is 2.42 bits per heavy atom. The first-order chi connectivity index (χ1) is 15.2. The molecule has 1 aromatic heterocycles. The van der Waals surface area contributed by atoms with Crippen LogP contribution in [-0.2, 0) is 11.2 Å². The predicted octanol–water partition coefficient (Wildman–Crippen LogP) is 5.31. The number of aromatic nitrogens is 3. The molecule has 0 atom stereocenters. The Morgan fingerprint density at radius 2 is 1.68 bits per heavy atom. The smallest absolute Gasteiger partial charge is 0.234 e. The maximum Gasteiger partial charge on any atom is 0.234 e. The van der Waals surface area contributed by atoms with E-state index >= 15 is 0 Å². The van der Waals surface area contributed by atoms with Gasteiger partial charge in [-0.3, -0.25) is 9.36 Å². The Kier molecular flexibility index (Phi) is 7.07. The van der Waals surface area contributed by atoms with Crippen LogP contribution >= 0.6 is 23.5 Å². The molecule has 1 N–H and O–H groups in total. The van der Waals surface area contributed by atoms with Crippen LogP contribution in [0.1, 0.15) is 11.4 Å². The van der Waals surface area contributed by atoms with E-state index in [0.717, 1.165) is 27.7 Å². The lowest BCUT2D eigenvalue weighted by Gasteiger charge is -2.10. The van der Waals surface area contributed by atoms with Crippen molar-refractivity contribution in [1.29, 1.82) is 0 Å². The monoisotopic (exact) mass is 446 g/mol. The average molecular weight is 447 g/mol. The third kappa shape index (κ3) is 5.57. The first-order valence-corrected chi connectivity index (χ1v) is 12.0. The molecular weight excluding hydrogens is 424 g/mol. The zero-order chi connectivity index (χ0) is 21.5. The number of carbonyl (C=O) groups is 1. The second-order valence-corrected chi connectivity index (χ2v) is 8.62. The number of anilines is 1. The molecular formula is C24H22N4OS2. The molecule has 5 nitrogen and oxygen atoms in total. The molecule has 0 radical (unpaired) electrons. The molecule has 1 amide bonds. The molecule has 0 saturated heterocycles. The van der Waals surface area contributed by atoms with E-state index in [2.05, 4.69) is 27.6 Å². The molecule has 0 spiro atoms. The number of amides is 1. The number of benzene rings is 3. The van der Waals surface area contributed by atoms with Crippen LogP contribution in [0, 0.1) is 0 Å². The van der Waals surface area contributed by atoms with Gasteiger partial charge in [-0.05, 0) is 42.2 Å². The molecule has 156 valence electrons. The second kappa shape index (κ2) is 10.3. The number of thioether (sulfide) groups is 2. The molecule has 0 aliphatic heterocycles. The number of hydrogen-bond acceptors (Lipinski definition) is 5. The minimum atomic E-state index is -0.0736. The number of carbonyl (C=O) groups excluding carboxylic acids is 1. The quantitative estimate of drug-likeness (QED) is 0.372. The fourth-order valence-corrected chi connectivity index (χ4v) is 4.38. The van der Waals surface area contributed by atoms with E-state index in [9.17, 15) is 4.79 Å². The van der Waals surface area contributed by atoms with E-state index in [1.165, 1.54) is 11.8 Å². The van der Waals surface area contributed by atoms with E-state index in [-0.39, 0.29) is 11.7 Å². The zero-order valence-corrected chi connectivity index (χ0v) is 18.7. The van der Waals surface area contributed by atoms with Gasteiger partial charge in [0.1, 0.15) is 5.82 Å². The van der Waals surface area contributed by atoms with Gasteiger partial charge in [0.25, 0.3) is 0 Å². The molecule has 31 heavy (non-hydrogen) atoms. The van der Waals surface area contributed by atoms with Crippen LogP contribution in [0.3, 0.4) is 0 Å². The van der Waals surface area contributed by atoms with Gasteiger partial charge in [-0.2, -0.15) is 0 Å². The SMILES string of the molecule is CSc1cccc(NC(=O)CSc2nnc(Cc3ccccc3)n2-c2ccccc2)c1. The van der Waals surface area contributed by atoms with Crippen molar-refractivity contribution < 1.29 is 4.79 Å². The number of nitrogens with one attached hydrogen (secondary N) is 1. The number of rotatable bonds is 8. The van der Waals surface area contributed by atoms with Crippen LogP contribution in [0.4, 0.5) is 5.69 Å². The van der Waals surface area contributed by atoms with Crippen LogP contribution in [0.15, 0.2) is 95.0 Å². The van der Waals surface area contributed by atoms with Crippen LogP contribution in [0.25, 0.3) is 5.69 Å². The first kappa shape index (κ1) is 21.2. The lowest BCUT2D eigenvalue weighted by molar-refractivity contribution is -0.113. The van der Waals surface area contributed by atoms with Crippen LogP contribution in [-0.4, -0.2) is 32.7 Å². The Morgan fingerprint density at radius 1 is 0.935 bits per heavy atom. The molecule has 7 heteroatoms. The van der Waals surface area contributed by atoms with Gasteiger partial charge in [-0.25, -0.2) is 0 Å². The highest BCUT2D eigenvalue weighted by atomic mass is 32.2. The second-order valence-electron chi connectivity index (χ2n) is 6.80. The van der Waals surface area contributed by atoms with Crippen LogP contribution in [0.5, 0.6) is 0 Å². The normalized spacial score (nSPS) is 10.7. The van der Waals surface area contributed by atoms with Crippen molar-refractivity contribution in [1.82, 2.24) is 14.8 Å². The highest BCUT2D eigenvalue weighted by Gasteiger charge is 2.16. The van der Waals surface area contributed by atoms with Crippen molar-refractivity contribution >= 4 is 35.1 Å². The standard InChI is InChI=1S/C24H22N4OS2/c1-30-21-14-8-11-19(16-21)25-23(29)17-31-24-27-26-22(15-18-9-4-2-5-10-18)28(24)20-12-6-3-7-13-20/h2-14,16H,15,17H2,1H3,(H,25,29). The van der Waals surface area contributed by atoms with Crippen molar-refractivity contribution in [3.8, 4) is 5.69 Å². The van der Waals surface area contributed by atoms with Crippen molar-refractivity contribution in [3.63, 3.8) is 0 Å². The maximum atomic E-state index is 12.5.